The Morgan fingerprint density at radius 3 is 2.94 bits per heavy atom. The van der Waals surface area contributed by atoms with E-state index in [-0.39, 0.29) is 11.5 Å². The van der Waals surface area contributed by atoms with Gasteiger partial charge >= 0.3 is 5.97 Å². The van der Waals surface area contributed by atoms with Crippen molar-refractivity contribution in [2.24, 2.45) is 5.92 Å². The van der Waals surface area contributed by atoms with E-state index in [1.54, 1.807) is 7.05 Å². The Morgan fingerprint density at radius 2 is 2.44 bits per heavy atom. The van der Waals surface area contributed by atoms with E-state index < -0.39 is 11.5 Å². The van der Waals surface area contributed by atoms with Crippen molar-refractivity contribution in [1.82, 2.24) is 15.3 Å². The van der Waals surface area contributed by atoms with E-state index in [9.17, 15) is 14.7 Å². The Balaban J connectivity index is 2.10. The molecule has 1 saturated carbocycles. The highest BCUT2D eigenvalue weighted by Crippen LogP contribution is 2.42. The summed E-state index contributed by atoms with van der Waals surface area (Å²) in [6.45, 7) is 0. The fourth-order valence-corrected chi connectivity index (χ4v) is 3.10. The third-order valence-electron chi connectivity index (χ3n) is 3.19. The van der Waals surface area contributed by atoms with E-state index in [0.29, 0.717) is 10.9 Å². The van der Waals surface area contributed by atoms with Crippen molar-refractivity contribution in [2.45, 2.75) is 23.5 Å². The second-order valence-electron chi connectivity index (χ2n) is 4.33. The van der Waals surface area contributed by atoms with E-state index >= 15 is 0 Å². The molecular formula is C11H15N3O3S. The molecule has 98 valence electrons. The molecule has 1 unspecified atom stereocenters. The smallest absolute Gasteiger partial charge is 0.325 e. The molecule has 1 aromatic rings. The van der Waals surface area contributed by atoms with Gasteiger partial charge in [0.05, 0.1) is 0 Å². The SMILES string of the molecule is CNC(CSc1nccc(=O)[nH]1)(C(=O)O)C1CC1. The van der Waals surface area contributed by atoms with E-state index in [4.69, 9.17) is 0 Å². The van der Waals surface area contributed by atoms with Crippen LogP contribution in [0, 0.1) is 5.92 Å². The second-order valence-corrected chi connectivity index (χ2v) is 5.29. The zero-order valence-corrected chi connectivity index (χ0v) is 10.8. The number of nitrogens with one attached hydrogen (secondary N) is 2. The Bertz CT molecular complexity index is 500. The molecule has 7 heteroatoms. The highest BCUT2D eigenvalue weighted by molar-refractivity contribution is 7.99. The average Bonchev–Trinajstić information content (AvgIpc) is 3.15. The lowest BCUT2D eigenvalue weighted by atomic mass is 9.96. The molecule has 0 radical (unpaired) electrons. The summed E-state index contributed by atoms with van der Waals surface area (Å²) < 4.78 is 0. The average molecular weight is 269 g/mol. The summed E-state index contributed by atoms with van der Waals surface area (Å²) in [6.07, 6.45) is 3.26. The van der Waals surface area contributed by atoms with Crippen LogP contribution in [0.25, 0.3) is 0 Å². The summed E-state index contributed by atoms with van der Waals surface area (Å²) in [7, 11) is 1.66. The summed E-state index contributed by atoms with van der Waals surface area (Å²) in [5, 5.41) is 12.8. The van der Waals surface area contributed by atoms with Gasteiger partial charge in [-0.25, -0.2) is 4.98 Å². The number of carboxylic acid groups (broad SMARTS) is 1. The van der Waals surface area contributed by atoms with Gasteiger partial charge in [0.15, 0.2) is 5.16 Å². The number of nitrogens with zero attached hydrogens (tertiary/aromatic N) is 1. The van der Waals surface area contributed by atoms with Crippen molar-refractivity contribution in [3.8, 4) is 0 Å². The maximum absolute atomic E-state index is 11.5. The summed E-state index contributed by atoms with van der Waals surface area (Å²) >= 11 is 1.25. The normalized spacial score (nSPS) is 18.3. The van der Waals surface area contributed by atoms with Gasteiger partial charge in [-0.15, -0.1) is 0 Å². The Hall–Kier alpha value is -1.34. The first kappa shape index (κ1) is 13.1. The lowest BCUT2D eigenvalue weighted by molar-refractivity contribution is -0.144. The fourth-order valence-electron chi connectivity index (χ4n) is 1.92. The van der Waals surface area contributed by atoms with Crippen LogP contribution in [0.1, 0.15) is 12.8 Å². The fraction of sp³-hybridized carbons (Fsp3) is 0.545. The first-order valence-electron chi connectivity index (χ1n) is 5.69. The molecule has 1 aliphatic rings. The van der Waals surface area contributed by atoms with Crippen LogP contribution < -0.4 is 10.9 Å². The quantitative estimate of drug-likeness (QED) is 0.508. The molecule has 0 aliphatic heterocycles. The van der Waals surface area contributed by atoms with Crippen molar-refractivity contribution in [2.75, 3.05) is 12.8 Å². The highest BCUT2D eigenvalue weighted by atomic mass is 32.2. The predicted octanol–water partition coefficient (Wildman–Crippen LogP) is 0.315. The van der Waals surface area contributed by atoms with Crippen LogP contribution in [-0.2, 0) is 4.79 Å². The Labute approximate surface area is 108 Å². The van der Waals surface area contributed by atoms with Gasteiger partial charge < -0.3 is 15.4 Å². The molecule has 2 rings (SSSR count). The second kappa shape index (κ2) is 5.11. The van der Waals surface area contributed by atoms with Gasteiger partial charge in [-0.2, -0.15) is 0 Å². The van der Waals surface area contributed by atoms with Crippen molar-refractivity contribution in [3.63, 3.8) is 0 Å². The van der Waals surface area contributed by atoms with Crippen LogP contribution in [0.15, 0.2) is 22.2 Å². The molecular weight excluding hydrogens is 254 g/mol. The molecule has 1 fully saturated rings. The summed E-state index contributed by atoms with van der Waals surface area (Å²) in [6, 6.07) is 1.33. The molecule has 18 heavy (non-hydrogen) atoms. The number of aliphatic carboxylic acids is 1. The van der Waals surface area contributed by atoms with Crippen molar-refractivity contribution >= 4 is 17.7 Å². The number of carboxylic acids is 1. The molecule has 0 aromatic carbocycles. The predicted molar refractivity (Wildman–Crippen MR) is 67.7 cm³/mol. The highest BCUT2D eigenvalue weighted by Gasteiger charge is 2.50. The minimum absolute atomic E-state index is 0.155. The summed E-state index contributed by atoms with van der Waals surface area (Å²) in [5.74, 6) is -0.350. The van der Waals surface area contributed by atoms with E-state index in [1.807, 2.05) is 0 Å². The summed E-state index contributed by atoms with van der Waals surface area (Å²) in [4.78, 5) is 29.2. The third kappa shape index (κ3) is 2.56. The maximum atomic E-state index is 11.5. The van der Waals surface area contributed by atoms with Crippen LogP contribution in [0.5, 0.6) is 0 Å². The minimum atomic E-state index is -0.931. The molecule has 0 spiro atoms. The number of aromatic nitrogens is 2. The van der Waals surface area contributed by atoms with Gasteiger partial charge in [-0.1, -0.05) is 11.8 Å². The number of H-pyrrole nitrogens is 1. The topological polar surface area (TPSA) is 95.1 Å². The van der Waals surface area contributed by atoms with Crippen LogP contribution in [0.3, 0.4) is 0 Å². The number of thioether (sulfide) groups is 1. The molecule has 1 atom stereocenters. The molecule has 1 aromatic heterocycles. The van der Waals surface area contributed by atoms with Gasteiger partial charge in [-0.3, -0.25) is 9.59 Å². The molecule has 0 bridgehead atoms. The van der Waals surface area contributed by atoms with E-state index in [0.717, 1.165) is 12.8 Å². The Kier molecular flexibility index (Phi) is 3.72. The number of aromatic amines is 1. The molecule has 0 saturated heterocycles. The summed E-state index contributed by atoms with van der Waals surface area (Å²) in [5.41, 5.74) is -1.16. The minimum Gasteiger partial charge on any atom is -0.480 e. The van der Waals surface area contributed by atoms with Crippen molar-refractivity contribution < 1.29 is 9.90 Å². The largest absolute Gasteiger partial charge is 0.480 e. The van der Waals surface area contributed by atoms with Gasteiger partial charge in [0.2, 0.25) is 0 Å². The van der Waals surface area contributed by atoms with Crippen molar-refractivity contribution in [1.29, 1.82) is 0 Å². The standard InChI is InChI=1S/C11H15N3O3S/c1-12-11(9(16)17,7-2-3-7)6-18-10-13-5-4-8(15)14-10/h4-5,7,12H,2-3,6H2,1H3,(H,16,17)(H,13,14,15). The lowest BCUT2D eigenvalue weighted by Crippen LogP contribution is -2.54. The number of hydrogen-bond acceptors (Lipinski definition) is 5. The van der Waals surface area contributed by atoms with Crippen LogP contribution in [0.2, 0.25) is 0 Å². The van der Waals surface area contributed by atoms with Crippen LogP contribution in [-0.4, -0.2) is 39.4 Å². The first-order chi connectivity index (χ1) is 8.58. The molecule has 3 N–H and O–H groups in total. The zero-order chi connectivity index (χ0) is 13.2. The van der Waals surface area contributed by atoms with E-state index in [2.05, 4.69) is 15.3 Å². The number of carbonyl (C=O) groups is 1. The molecule has 0 amide bonds. The van der Waals surface area contributed by atoms with Gasteiger partial charge in [0.25, 0.3) is 5.56 Å². The molecule has 1 aliphatic carbocycles. The number of likely N-dealkylation sites (N-methyl/N-ethyl adjacent to an activating group) is 1. The van der Waals surface area contributed by atoms with Gasteiger partial charge in [0.1, 0.15) is 5.54 Å². The van der Waals surface area contributed by atoms with Gasteiger partial charge in [0, 0.05) is 18.0 Å². The zero-order valence-electron chi connectivity index (χ0n) is 9.97. The first-order valence-corrected chi connectivity index (χ1v) is 6.67. The van der Waals surface area contributed by atoms with Crippen LogP contribution >= 0.6 is 11.8 Å². The molecule has 6 nitrogen and oxygen atoms in total. The Morgan fingerprint density at radius 1 is 1.72 bits per heavy atom. The van der Waals surface area contributed by atoms with Crippen molar-refractivity contribution in [3.05, 3.63) is 22.6 Å². The molecule has 1 heterocycles. The number of rotatable bonds is 6. The lowest BCUT2D eigenvalue weighted by Gasteiger charge is -2.28. The van der Waals surface area contributed by atoms with E-state index in [1.165, 1.54) is 24.0 Å². The third-order valence-corrected chi connectivity index (χ3v) is 4.27. The number of hydrogen-bond donors (Lipinski definition) is 3. The monoisotopic (exact) mass is 269 g/mol. The maximum Gasteiger partial charge on any atom is 0.325 e. The van der Waals surface area contributed by atoms with Crippen LogP contribution in [0.4, 0.5) is 0 Å². The van der Waals surface area contributed by atoms with Gasteiger partial charge in [-0.05, 0) is 25.8 Å².